The highest BCUT2D eigenvalue weighted by molar-refractivity contribution is 5.28. The molecule has 1 N–H and O–H groups in total. The zero-order valence-electron chi connectivity index (χ0n) is 11.5. The van der Waals surface area contributed by atoms with Crippen LogP contribution in [0.15, 0.2) is 24.3 Å². The van der Waals surface area contributed by atoms with Crippen molar-refractivity contribution < 1.29 is 4.74 Å². The van der Waals surface area contributed by atoms with Crippen LogP contribution < -0.4 is 10.1 Å². The molecule has 0 aliphatic rings. The van der Waals surface area contributed by atoms with Gasteiger partial charge in [0.25, 0.3) is 0 Å². The molecule has 0 bridgehead atoms. The van der Waals surface area contributed by atoms with Gasteiger partial charge in [-0.05, 0) is 36.6 Å². The minimum absolute atomic E-state index is 0.449. The molecule has 0 saturated carbocycles. The molecule has 1 rings (SSSR count). The summed E-state index contributed by atoms with van der Waals surface area (Å²) in [5.41, 5.74) is 1.36. The second kappa shape index (κ2) is 7.33. The maximum atomic E-state index is 5.78. The molecule has 0 fully saturated rings. The minimum atomic E-state index is 0.449. The van der Waals surface area contributed by atoms with Crippen LogP contribution in [0, 0.1) is 0 Å². The van der Waals surface area contributed by atoms with E-state index in [1.54, 1.807) is 0 Å². The molecule has 0 radical (unpaired) electrons. The van der Waals surface area contributed by atoms with E-state index in [0.29, 0.717) is 12.0 Å². The molecule has 0 amide bonds. The average molecular weight is 235 g/mol. The molecule has 0 heterocycles. The molecule has 0 saturated heterocycles. The lowest BCUT2D eigenvalue weighted by Crippen LogP contribution is -2.33. The van der Waals surface area contributed by atoms with Crippen LogP contribution in [0.2, 0.25) is 0 Å². The Balaban J connectivity index is 2.46. The summed E-state index contributed by atoms with van der Waals surface area (Å²) < 4.78 is 5.78. The van der Waals surface area contributed by atoms with Gasteiger partial charge in [-0.25, -0.2) is 0 Å². The molecule has 2 nitrogen and oxygen atoms in total. The number of rotatable bonds is 7. The molecule has 96 valence electrons. The van der Waals surface area contributed by atoms with Crippen LogP contribution in [0.5, 0.6) is 5.75 Å². The van der Waals surface area contributed by atoms with Crippen LogP contribution >= 0.6 is 0 Å². The lowest BCUT2D eigenvalue weighted by molar-refractivity contribution is 0.262. The van der Waals surface area contributed by atoms with Gasteiger partial charge in [-0.1, -0.05) is 39.8 Å². The van der Waals surface area contributed by atoms with Crippen molar-refractivity contribution in [1.82, 2.24) is 5.32 Å². The van der Waals surface area contributed by atoms with Gasteiger partial charge in [0.2, 0.25) is 0 Å². The van der Waals surface area contributed by atoms with E-state index in [2.05, 4.69) is 57.3 Å². The maximum Gasteiger partial charge on any atom is 0.119 e. The Bertz CT molecular complexity index is 305. The smallest absolute Gasteiger partial charge is 0.119 e. The highest BCUT2D eigenvalue weighted by Gasteiger charge is 2.05. The molecule has 1 atom stereocenters. The third-order valence-corrected chi connectivity index (χ3v) is 2.98. The number of hydrogen-bond donors (Lipinski definition) is 1. The van der Waals surface area contributed by atoms with Crippen LogP contribution in [-0.4, -0.2) is 19.2 Å². The fourth-order valence-electron chi connectivity index (χ4n) is 1.76. The predicted octanol–water partition coefficient (Wildman–Crippen LogP) is 3.58. The summed E-state index contributed by atoms with van der Waals surface area (Å²) in [7, 11) is 0. The van der Waals surface area contributed by atoms with Gasteiger partial charge in [0.05, 0.1) is 0 Å². The summed E-state index contributed by atoms with van der Waals surface area (Å²) in [4.78, 5) is 0. The highest BCUT2D eigenvalue weighted by atomic mass is 16.5. The van der Waals surface area contributed by atoms with Crippen molar-refractivity contribution in [2.45, 2.75) is 46.1 Å². The molecular formula is C15H25NO. The molecule has 0 aliphatic carbocycles. The molecular weight excluding hydrogens is 210 g/mol. The van der Waals surface area contributed by atoms with E-state index in [4.69, 9.17) is 4.74 Å². The third kappa shape index (κ3) is 4.78. The Morgan fingerprint density at radius 1 is 1.12 bits per heavy atom. The Labute approximate surface area is 105 Å². The van der Waals surface area contributed by atoms with E-state index >= 15 is 0 Å². The molecule has 1 aromatic rings. The molecule has 17 heavy (non-hydrogen) atoms. The number of likely N-dealkylation sites (N-methyl/N-ethyl adjacent to an activating group) is 1. The Morgan fingerprint density at radius 2 is 1.76 bits per heavy atom. The monoisotopic (exact) mass is 235 g/mol. The zero-order chi connectivity index (χ0) is 12.7. The topological polar surface area (TPSA) is 21.3 Å². The van der Waals surface area contributed by atoms with E-state index in [1.165, 1.54) is 5.56 Å². The van der Waals surface area contributed by atoms with E-state index in [9.17, 15) is 0 Å². The van der Waals surface area contributed by atoms with Gasteiger partial charge in [-0.3, -0.25) is 0 Å². The van der Waals surface area contributed by atoms with E-state index in [-0.39, 0.29) is 0 Å². The summed E-state index contributed by atoms with van der Waals surface area (Å²) in [6.45, 7) is 10.4. The first kappa shape index (κ1) is 14.0. The van der Waals surface area contributed by atoms with Gasteiger partial charge in [0.1, 0.15) is 12.4 Å². The van der Waals surface area contributed by atoms with Crippen molar-refractivity contribution in [3.8, 4) is 5.75 Å². The second-order valence-corrected chi connectivity index (χ2v) is 4.70. The van der Waals surface area contributed by atoms with Gasteiger partial charge < -0.3 is 10.1 Å². The van der Waals surface area contributed by atoms with Crippen LogP contribution in [0.25, 0.3) is 0 Å². The lowest BCUT2D eigenvalue weighted by atomic mass is 10.0. The average Bonchev–Trinajstić information content (AvgIpc) is 2.35. The standard InChI is InChI=1S/C15H25NO/c1-5-14(16-6-2)11-17-15-9-7-13(8-10-15)12(3)4/h7-10,12,14,16H,5-6,11H2,1-4H3. The SMILES string of the molecule is CCNC(CC)COc1ccc(C(C)C)cc1. The number of nitrogens with one attached hydrogen (secondary N) is 1. The van der Waals surface area contributed by atoms with Crippen molar-refractivity contribution >= 4 is 0 Å². The van der Waals surface area contributed by atoms with Crippen molar-refractivity contribution in [2.24, 2.45) is 0 Å². The maximum absolute atomic E-state index is 5.78. The first-order chi connectivity index (χ1) is 8.17. The molecule has 1 aromatic carbocycles. The van der Waals surface area contributed by atoms with Crippen molar-refractivity contribution in [1.29, 1.82) is 0 Å². The highest BCUT2D eigenvalue weighted by Crippen LogP contribution is 2.18. The molecule has 0 spiro atoms. The van der Waals surface area contributed by atoms with Gasteiger partial charge >= 0.3 is 0 Å². The first-order valence-electron chi connectivity index (χ1n) is 6.63. The second-order valence-electron chi connectivity index (χ2n) is 4.70. The zero-order valence-corrected chi connectivity index (χ0v) is 11.5. The molecule has 1 unspecified atom stereocenters. The lowest BCUT2D eigenvalue weighted by Gasteiger charge is -2.17. The Morgan fingerprint density at radius 3 is 2.24 bits per heavy atom. The van der Waals surface area contributed by atoms with E-state index in [0.717, 1.165) is 25.3 Å². The van der Waals surface area contributed by atoms with Crippen LogP contribution in [0.3, 0.4) is 0 Å². The molecule has 0 aliphatic heterocycles. The Kier molecular flexibility index (Phi) is 6.06. The number of benzene rings is 1. The molecule has 2 heteroatoms. The van der Waals surface area contributed by atoms with Gasteiger partial charge in [0, 0.05) is 6.04 Å². The largest absolute Gasteiger partial charge is 0.492 e. The predicted molar refractivity (Wildman–Crippen MR) is 73.8 cm³/mol. The summed E-state index contributed by atoms with van der Waals surface area (Å²) >= 11 is 0. The van der Waals surface area contributed by atoms with Crippen LogP contribution in [0.4, 0.5) is 0 Å². The van der Waals surface area contributed by atoms with Gasteiger partial charge in [0.15, 0.2) is 0 Å². The fraction of sp³-hybridized carbons (Fsp3) is 0.600. The number of ether oxygens (including phenoxy) is 1. The number of hydrogen-bond acceptors (Lipinski definition) is 2. The first-order valence-corrected chi connectivity index (χ1v) is 6.63. The minimum Gasteiger partial charge on any atom is -0.492 e. The van der Waals surface area contributed by atoms with E-state index in [1.807, 2.05) is 0 Å². The Hall–Kier alpha value is -1.02. The van der Waals surface area contributed by atoms with Gasteiger partial charge in [-0.2, -0.15) is 0 Å². The summed E-state index contributed by atoms with van der Waals surface area (Å²) in [5.74, 6) is 1.54. The summed E-state index contributed by atoms with van der Waals surface area (Å²) in [6.07, 6.45) is 1.10. The van der Waals surface area contributed by atoms with Gasteiger partial charge in [-0.15, -0.1) is 0 Å². The third-order valence-electron chi connectivity index (χ3n) is 2.98. The van der Waals surface area contributed by atoms with E-state index < -0.39 is 0 Å². The van der Waals surface area contributed by atoms with Crippen molar-refractivity contribution in [3.05, 3.63) is 29.8 Å². The van der Waals surface area contributed by atoms with Crippen molar-refractivity contribution in [2.75, 3.05) is 13.2 Å². The van der Waals surface area contributed by atoms with Crippen LogP contribution in [0.1, 0.15) is 45.6 Å². The summed E-state index contributed by atoms with van der Waals surface area (Å²) in [5, 5.41) is 3.41. The summed E-state index contributed by atoms with van der Waals surface area (Å²) in [6, 6.07) is 8.87. The normalized spacial score (nSPS) is 12.8. The fourth-order valence-corrected chi connectivity index (χ4v) is 1.76. The van der Waals surface area contributed by atoms with Crippen molar-refractivity contribution in [3.63, 3.8) is 0 Å². The van der Waals surface area contributed by atoms with Crippen LogP contribution in [-0.2, 0) is 0 Å². The quantitative estimate of drug-likeness (QED) is 0.780. The molecule has 0 aromatic heterocycles.